The van der Waals surface area contributed by atoms with E-state index in [9.17, 15) is 22.2 Å². The van der Waals surface area contributed by atoms with Gasteiger partial charge in [0.05, 0.1) is 10.5 Å². The van der Waals surface area contributed by atoms with Crippen LogP contribution in [0.5, 0.6) is 0 Å². The Balaban J connectivity index is 1.82. The van der Waals surface area contributed by atoms with Gasteiger partial charge in [-0.05, 0) is 55.3 Å². The lowest BCUT2D eigenvalue weighted by Gasteiger charge is -2.14. The Morgan fingerprint density at radius 3 is 2.21 bits per heavy atom. The van der Waals surface area contributed by atoms with E-state index in [-0.39, 0.29) is 17.0 Å². The molecule has 0 aromatic heterocycles. The average molecular weight is 439 g/mol. The van der Waals surface area contributed by atoms with Crippen LogP contribution in [0.25, 0.3) is 0 Å². The lowest BCUT2D eigenvalue weighted by molar-refractivity contribution is -0.129. The van der Waals surface area contributed by atoms with Crippen LogP contribution in [0.3, 0.4) is 0 Å². The molecule has 2 aromatic carbocycles. The quantitative estimate of drug-likeness (QED) is 0.590. The standard InChI is InChI=1S/C19H22N2O6S2/c1-13(27-19(23)15-5-7-16(8-6-15)28(2)24)18(22)21-12-11-14-3-9-17(10-4-14)29(20,25)26/h3-10,13H,11-12H2,1-2H3,(H,21,22)(H2,20,25,26). The van der Waals surface area contributed by atoms with Gasteiger partial charge in [-0.15, -0.1) is 0 Å². The Morgan fingerprint density at radius 1 is 1.10 bits per heavy atom. The van der Waals surface area contributed by atoms with Gasteiger partial charge < -0.3 is 10.1 Å². The summed E-state index contributed by atoms with van der Waals surface area (Å²) in [6.45, 7) is 1.75. The molecule has 0 fully saturated rings. The van der Waals surface area contributed by atoms with Crippen LogP contribution in [-0.4, -0.2) is 43.4 Å². The summed E-state index contributed by atoms with van der Waals surface area (Å²) in [7, 11) is -4.89. The highest BCUT2D eigenvalue weighted by Crippen LogP contribution is 2.11. The van der Waals surface area contributed by atoms with E-state index in [0.717, 1.165) is 5.56 Å². The molecule has 0 spiro atoms. The third-order valence-electron chi connectivity index (χ3n) is 4.04. The van der Waals surface area contributed by atoms with Crippen molar-refractivity contribution in [3.05, 3.63) is 59.7 Å². The zero-order chi connectivity index (χ0) is 21.6. The molecule has 2 aromatic rings. The minimum Gasteiger partial charge on any atom is -0.449 e. The maximum absolute atomic E-state index is 12.1. The van der Waals surface area contributed by atoms with Gasteiger partial charge in [0.2, 0.25) is 10.0 Å². The van der Waals surface area contributed by atoms with Gasteiger partial charge in [-0.25, -0.2) is 18.4 Å². The van der Waals surface area contributed by atoms with Crippen molar-refractivity contribution in [3.63, 3.8) is 0 Å². The van der Waals surface area contributed by atoms with E-state index in [1.54, 1.807) is 24.3 Å². The minimum absolute atomic E-state index is 0.0176. The first kappa shape index (κ1) is 22.7. The first-order valence-corrected chi connectivity index (χ1v) is 11.7. The molecular weight excluding hydrogens is 416 g/mol. The molecule has 0 aliphatic rings. The molecule has 0 bridgehead atoms. The van der Waals surface area contributed by atoms with E-state index < -0.39 is 38.8 Å². The second kappa shape index (κ2) is 9.77. The normalized spacial score (nSPS) is 13.3. The largest absolute Gasteiger partial charge is 0.449 e. The summed E-state index contributed by atoms with van der Waals surface area (Å²) in [5, 5.41) is 7.70. The number of sulfonamides is 1. The number of ether oxygens (including phenoxy) is 1. The molecule has 156 valence electrons. The fourth-order valence-electron chi connectivity index (χ4n) is 2.38. The van der Waals surface area contributed by atoms with E-state index in [1.807, 2.05) is 0 Å². The number of carbonyl (C=O) groups excluding carboxylic acids is 2. The monoisotopic (exact) mass is 438 g/mol. The van der Waals surface area contributed by atoms with Crippen molar-refractivity contribution in [2.75, 3.05) is 12.8 Å². The van der Waals surface area contributed by atoms with Crippen molar-refractivity contribution in [2.45, 2.75) is 29.2 Å². The number of benzene rings is 2. The molecule has 0 radical (unpaired) electrons. The molecule has 0 saturated carbocycles. The fraction of sp³-hybridized carbons (Fsp3) is 0.263. The van der Waals surface area contributed by atoms with Crippen molar-refractivity contribution in [1.82, 2.24) is 5.32 Å². The number of rotatable bonds is 8. The van der Waals surface area contributed by atoms with Crippen molar-refractivity contribution in [1.29, 1.82) is 0 Å². The maximum Gasteiger partial charge on any atom is 0.338 e. The number of nitrogens with two attached hydrogens (primary N) is 1. The van der Waals surface area contributed by atoms with E-state index in [1.165, 1.54) is 37.4 Å². The van der Waals surface area contributed by atoms with Gasteiger partial charge in [-0.1, -0.05) is 12.1 Å². The summed E-state index contributed by atoms with van der Waals surface area (Å²) in [6.07, 6.45) is 1.01. The summed E-state index contributed by atoms with van der Waals surface area (Å²) in [6, 6.07) is 12.2. The van der Waals surface area contributed by atoms with Gasteiger partial charge in [0.25, 0.3) is 5.91 Å². The molecular formula is C19H22N2O6S2. The third kappa shape index (κ3) is 6.77. The van der Waals surface area contributed by atoms with Gasteiger partial charge in [0, 0.05) is 28.5 Å². The second-order valence-electron chi connectivity index (χ2n) is 6.26. The van der Waals surface area contributed by atoms with Gasteiger partial charge >= 0.3 is 5.97 Å². The van der Waals surface area contributed by atoms with Gasteiger partial charge in [-0.2, -0.15) is 0 Å². The Labute approximate surface area is 172 Å². The predicted molar refractivity (Wildman–Crippen MR) is 108 cm³/mol. The van der Waals surface area contributed by atoms with E-state index in [0.29, 0.717) is 11.3 Å². The summed E-state index contributed by atoms with van der Waals surface area (Å²) < 4.78 is 39.0. The first-order chi connectivity index (χ1) is 13.6. The van der Waals surface area contributed by atoms with Crippen LogP contribution in [0, 0.1) is 0 Å². The van der Waals surface area contributed by atoms with Crippen LogP contribution < -0.4 is 10.5 Å². The zero-order valence-electron chi connectivity index (χ0n) is 16.0. The van der Waals surface area contributed by atoms with Gasteiger partial charge in [-0.3, -0.25) is 9.00 Å². The number of primary sulfonamides is 1. The topological polar surface area (TPSA) is 133 Å². The van der Waals surface area contributed by atoms with Crippen molar-refractivity contribution >= 4 is 32.7 Å². The first-order valence-electron chi connectivity index (χ1n) is 8.62. The Hall–Kier alpha value is -2.56. The summed E-state index contributed by atoms with van der Waals surface area (Å²) in [5.41, 5.74) is 1.07. The summed E-state index contributed by atoms with van der Waals surface area (Å²) in [4.78, 5) is 24.8. The van der Waals surface area contributed by atoms with Crippen molar-refractivity contribution in [3.8, 4) is 0 Å². The molecule has 8 nitrogen and oxygen atoms in total. The Kier molecular flexibility index (Phi) is 7.66. The Bertz CT molecular complexity index is 1000. The molecule has 10 heteroatoms. The smallest absolute Gasteiger partial charge is 0.338 e. The zero-order valence-corrected chi connectivity index (χ0v) is 17.6. The number of hydrogen-bond acceptors (Lipinski definition) is 6. The van der Waals surface area contributed by atoms with Gasteiger partial charge in [0.1, 0.15) is 0 Å². The van der Waals surface area contributed by atoms with Crippen LogP contribution in [0.1, 0.15) is 22.8 Å². The minimum atomic E-state index is -3.74. The van der Waals surface area contributed by atoms with Crippen LogP contribution >= 0.6 is 0 Å². The molecule has 29 heavy (non-hydrogen) atoms. The van der Waals surface area contributed by atoms with Gasteiger partial charge in [0.15, 0.2) is 6.10 Å². The SMILES string of the molecule is CC(OC(=O)c1ccc(S(C)=O)cc1)C(=O)NCCc1ccc(S(N)(=O)=O)cc1. The summed E-state index contributed by atoms with van der Waals surface area (Å²) in [5.74, 6) is -1.11. The highest BCUT2D eigenvalue weighted by molar-refractivity contribution is 7.89. The van der Waals surface area contributed by atoms with E-state index in [4.69, 9.17) is 9.88 Å². The lowest BCUT2D eigenvalue weighted by atomic mass is 10.1. The van der Waals surface area contributed by atoms with Crippen LogP contribution in [0.4, 0.5) is 0 Å². The summed E-state index contributed by atoms with van der Waals surface area (Å²) >= 11 is 0. The number of nitrogens with one attached hydrogen (secondary N) is 1. The van der Waals surface area contributed by atoms with E-state index >= 15 is 0 Å². The van der Waals surface area contributed by atoms with Crippen molar-refractivity contribution in [2.24, 2.45) is 5.14 Å². The Morgan fingerprint density at radius 2 is 1.69 bits per heavy atom. The van der Waals surface area contributed by atoms with E-state index in [2.05, 4.69) is 5.32 Å². The molecule has 2 rings (SSSR count). The molecule has 0 heterocycles. The molecule has 0 aliphatic carbocycles. The molecule has 0 aliphatic heterocycles. The molecule has 1 amide bonds. The number of amides is 1. The average Bonchev–Trinajstić information content (AvgIpc) is 2.67. The maximum atomic E-state index is 12.1. The molecule has 3 N–H and O–H groups in total. The van der Waals surface area contributed by atoms with Crippen molar-refractivity contribution < 1.29 is 27.0 Å². The second-order valence-corrected chi connectivity index (χ2v) is 9.20. The fourth-order valence-corrected chi connectivity index (χ4v) is 3.42. The van der Waals surface area contributed by atoms with Crippen LogP contribution in [0.15, 0.2) is 58.3 Å². The molecule has 2 unspecified atom stereocenters. The number of esters is 1. The highest BCUT2D eigenvalue weighted by atomic mass is 32.2. The number of carbonyl (C=O) groups is 2. The van der Waals surface area contributed by atoms with Crippen LogP contribution in [0.2, 0.25) is 0 Å². The highest BCUT2D eigenvalue weighted by Gasteiger charge is 2.18. The molecule has 2 atom stereocenters. The lowest BCUT2D eigenvalue weighted by Crippen LogP contribution is -2.36. The third-order valence-corrected chi connectivity index (χ3v) is 5.91. The number of hydrogen-bond donors (Lipinski definition) is 2. The van der Waals surface area contributed by atoms with Crippen LogP contribution in [-0.2, 0) is 36.8 Å². The predicted octanol–water partition coefficient (Wildman–Crippen LogP) is 0.976. The molecule has 0 saturated heterocycles.